The predicted molar refractivity (Wildman–Crippen MR) is 114 cm³/mol. The second-order valence-corrected chi connectivity index (χ2v) is 7.35. The fourth-order valence-corrected chi connectivity index (χ4v) is 2.91. The maximum Gasteiger partial charge on any atom is 0.416 e. The highest BCUT2D eigenvalue weighted by Crippen LogP contribution is 2.41. The summed E-state index contributed by atoms with van der Waals surface area (Å²) in [7, 11) is 2.79. The third kappa shape index (κ3) is 6.16. The Hall–Kier alpha value is -3.80. The monoisotopic (exact) mass is 502 g/mol. The number of carbonyl (C=O) groups excluding carboxylic acids is 1. The van der Waals surface area contributed by atoms with Gasteiger partial charge in [-0.15, -0.1) is 0 Å². The van der Waals surface area contributed by atoms with Crippen molar-refractivity contribution in [2.75, 3.05) is 14.1 Å². The first kappa shape index (κ1) is 26.5. The Kier molecular flexibility index (Phi) is 8.11. The number of allylic oxidation sites excluding steroid dienone is 1. The van der Waals surface area contributed by atoms with Crippen LogP contribution in [-0.4, -0.2) is 41.1 Å². The van der Waals surface area contributed by atoms with Crippen LogP contribution >= 0.6 is 11.6 Å². The predicted octanol–water partition coefficient (Wildman–Crippen LogP) is 6.07. The molecule has 0 spiro atoms. The van der Waals surface area contributed by atoms with Crippen molar-refractivity contribution >= 4 is 29.4 Å². The molecule has 2 aromatic rings. The van der Waals surface area contributed by atoms with Gasteiger partial charge in [0.05, 0.1) is 15.5 Å². The van der Waals surface area contributed by atoms with Crippen LogP contribution in [0.2, 0.25) is 5.02 Å². The molecule has 0 aliphatic rings. The largest absolute Gasteiger partial charge is 0.477 e. The molecule has 0 heterocycles. The molecule has 0 saturated heterocycles. The summed E-state index contributed by atoms with van der Waals surface area (Å²) < 4.78 is 49.7. The first-order valence-electron chi connectivity index (χ1n) is 9.37. The number of rotatable bonds is 7. The maximum atomic E-state index is 12.9. The number of halogens is 4. The van der Waals surface area contributed by atoms with Gasteiger partial charge in [-0.05, 0) is 31.2 Å². The van der Waals surface area contributed by atoms with Crippen LogP contribution < -0.4 is 4.74 Å². The maximum absolute atomic E-state index is 12.9. The highest BCUT2D eigenvalue weighted by molar-refractivity contribution is 6.32. The molecule has 1 N–H and O–H groups in total. The van der Waals surface area contributed by atoms with Crippen molar-refractivity contribution in [3.63, 3.8) is 0 Å². The van der Waals surface area contributed by atoms with Gasteiger partial charge in [0.1, 0.15) is 17.1 Å². The summed E-state index contributed by atoms with van der Waals surface area (Å²) in [6, 6.07) is 3.87. The quantitative estimate of drug-likeness (QED) is 0.277. The van der Waals surface area contributed by atoms with E-state index in [0.29, 0.717) is 12.1 Å². The minimum atomic E-state index is -4.67. The molecule has 13 heteroatoms. The number of alkyl halides is 3. The SMILES string of the molecule is C/C=C/C(OC(=O)N(C)C)c1cc([N+](=O)[O-])c(C(=O)O)cc1Oc1ccc(C(F)(F)F)cc1Cl. The van der Waals surface area contributed by atoms with Gasteiger partial charge in [-0.25, -0.2) is 9.59 Å². The van der Waals surface area contributed by atoms with Gasteiger partial charge in [0.15, 0.2) is 6.10 Å². The van der Waals surface area contributed by atoms with Crippen LogP contribution in [0.4, 0.5) is 23.7 Å². The molecule has 0 aromatic heterocycles. The van der Waals surface area contributed by atoms with Gasteiger partial charge in [0.2, 0.25) is 0 Å². The number of carbonyl (C=O) groups is 2. The number of carboxylic acid groups (broad SMARTS) is 1. The molecular weight excluding hydrogens is 485 g/mol. The highest BCUT2D eigenvalue weighted by atomic mass is 35.5. The smallest absolute Gasteiger partial charge is 0.416 e. The van der Waals surface area contributed by atoms with E-state index in [2.05, 4.69) is 0 Å². The van der Waals surface area contributed by atoms with Crippen LogP contribution in [0.3, 0.4) is 0 Å². The molecule has 2 aromatic carbocycles. The van der Waals surface area contributed by atoms with Gasteiger partial charge in [0.25, 0.3) is 5.69 Å². The van der Waals surface area contributed by atoms with Crippen molar-refractivity contribution in [3.8, 4) is 11.5 Å². The minimum Gasteiger partial charge on any atom is -0.477 e. The summed E-state index contributed by atoms with van der Waals surface area (Å²) in [6.07, 6.45) is -3.95. The van der Waals surface area contributed by atoms with Crippen molar-refractivity contribution in [2.45, 2.75) is 19.2 Å². The Labute approximate surface area is 196 Å². The molecule has 0 aliphatic heterocycles. The average Bonchev–Trinajstić information content (AvgIpc) is 2.73. The van der Waals surface area contributed by atoms with Gasteiger partial charge in [-0.3, -0.25) is 10.1 Å². The van der Waals surface area contributed by atoms with Gasteiger partial charge >= 0.3 is 18.2 Å². The van der Waals surface area contributed by atoms with Gasteiger partial charge in [0, 0.05) is 31.8 Å². The number of ether oxygens (including phenoxy) is 2. The van der Waals surface area contributed by atoms with Crippen molar-refractivity contribution in [1.82, 2.24) is 4.90 Å². The van der Waals surface area contributed by atoms with Gasteiger partial charge in [-0.1, -0.05) is 17.7 Å². The number of benzene rings is 2. The second kappa shape index (κ2) is 10.4. The Morgan fingerprint density at radius 1 is 1.21 bits per heavy atom. The standard InChI is InChI=1S/C21H18ClF3N2O7/c1-4-5-16(34-20(30)26(2)3)13-9-15(27(31)32)12(19(28)29)10-18(13)33-17-7-6-11(8-14(17)22)21(23,24)25/h4-10,16H,1-3H3,(H,28,29)/b5-4+. The summed E-state index contributed by atoms with van der Waals surface area (Å²) in [5.41, 5.74) is -2.76. The van der Waals surface area contributed by atoms with Crippen LogP contribution in [0.5, 0.6) is 11.5 Å². The van der Waals surface area contributed by atoms with Crippen molar-refractivity contribution in [2.24, 2.45) is 0 Å². The lowest BCUT2D eigenvalue weighted by atomic mass is 10.0. The lowest BCUT2D eigenvalue weighted by Crippen LogP contribution is -2.24. The molecule has 0 radical (unpaired) electrons. The Morgan fingerprint density at radius 2 is 1.85 bits per heavy atom. The van der Waals surface area contributed by atoms with Crippen molar-refractivity contribution in [1.29, 1.82) is 0 Å². The molecule has 0 aliphatic carbocycles. The van der Waals surface area contributed by atoms with E-state index in [9.17, 15) is 38.0 Å². The molecule has 0 bridgehead atoms. The lowest BCUT2D eigenvalue weighted by Gasteiger charge is -2.21. The Balaban J connectivity index is 2.71. The number of carboxylic acids is 1. The summed E-state index contributed by atoms with van der Waals surface area (Å²) in [6.45, 7) is 1.57. The normalized spacial score (nSPS) is 12.3. The Morgan fingerprint density at radius 3 is 2.32 bits per heavy atom. The van der Waals surface area contributed by atoms with Crippen molar-refractivity contribution in [3.05, 3.63) is 74.3 Å². The molecule has 182 valence electrons. The number of amides is 1. The van der Waals surface area contributed by atoms with E-state index in [1.165, 1.54) is 26.2 Å². The number of hydrogen-bond acceptors (Lipinski definition) is 6. The summed E-state index contributed by atoms with van der Waals surface area (Å²) in [5, 5.41) is 20.4. The van der Waals surface area contributed by atoms with Crippen LogP contribution in [0.1, 0.15) is 34.5 Å². The summed E-state index contributed by atoms with van der Waals surface area (Å²) in [5.74, 6) is -2.28. The summed E-state index contributed by atoms with van der Waals surface area (Å²) >= 11 is 5.93. The third-order valence-corrected chi connectivity index (χ3v) is 4.60. The lowest BCUT2D eigenvalue weighted by molar-refractivity contribution is -0.385. The van der Waals surface area contributed by atoms with E-state index < -0.39 is 51.1 Å². The fraction of sp³-hybridized carbons (Fsp3) is 0.238. The number of nitrogens with zero attached hydrogens (tertiary/aromatic N) is 2. The number of hydrogen-bond donors (Lipinski definition) is 1. The van der Waals surface area contributed by atoms with Crippen LogP contribution in [0.15, 0.2) is 42.5 Å². The topological polar surface area (TPSA) is 119 Å². The van der Waals surface area contributed by atoms with E-state index in [4.69, 9.17) is 21.1 Å². The zero-order valence-electron chi connectivity index (χ0n) is 17.9. The van der Waals surface area contributed by atoms with Crippen LogP contribution in [0, 0.1) is 10.1 Å². The average molecular weight is 503 g/mol. The van der Waals surface area contributed by atoms with Gasteiger partial charge < -0.3 is 19.5 Å². The zero-order chi connectivity index (χ0) is 25.8. The van der Waals surface area contributed by atoms with E-state index in [0.717, 1.165) is 23.1 Å². The first-order chi connectivity index (χ1) is 15.8. The molecule has 0 saturated carbocycles. The highest BCUT2D eigenvalue weighted by Gasteiger charge is 2.32. The first-order valence-corrected chi connectivity index (χ1v) is 9.75. The molecule has 1 atom stereocenters. The van der Waals surface area contributed by atoms with E-state index in [1.54, 1.807) is 6.92 Å². The number of nitro groups is 1. The van der Waals surface area contributed by atoms with Crippen LogP contribution in [0.25, 0.3) is 0 Å². The number of aromatic carboxylic acids is 1. The second-order valence-electron chi connectivity index (χ2n) is 6.94. The molecule has 1 amide bonds. The number of nitro benzene ring substituents is 1. The molecular formula is C21H18ClF3N2O7. The van der Waals surface area contributed by atoms with E-state index >= 15 is 0 Å². The zero-order valence-corrected chi connectivity index (χ0v) is 18.7. The van der Waals surface area contributed by atoms with Crippen LogP contribution in [-0.2, 0) is 10.9 Å². The third-order valence-electron chi connectivity index (χ3n) is 4.30. The van der Waals surface area contributed by atoms with E-state index in [-0.39, 0.29) is 17.1 Å². The van der Waals surface area contributed by atoms with Crippen molar-refractivity contribution < 1.29 is 42.3 Å². The summed E-state index contributed by atoms with van der Waals surface area (Å²) in [4.78, 5) is 35.4. The minimum absolute atomic E-state index is 0.138. The fourth-order valence-electron chi connectivity index (χ4n) is 2.69. The molecule has 9 nitrogen and oxygen atoms in total. The van der Waals surface area contributed by atoms with E-state index in [1.807, 2.05) is 0 Å². The Bertz CT molecular complexity index is 1150. The molecule has 0 fully saturated rings. The molecule has 1 unspecified atom stereocenters. The van der Waals surface area contributed by atoms with Gasteiger partial charge in [-0.2, -0.15) is 13.2 Å². The molecule has 2 rings (SSSR count). The molecule has 34 heavy (non-hydrogen) atoms.